The third kappa shape index (κ3) is 3.71. The number of hydrogen-bond donors (Lipinski definition) is 1. The molecule has 106 valence electrons. The lowest BCUT2D eigenvalue weighted by Crippen LogP contribution is -2.06. The molecule has 4 heteroatoms. The van der Waals surface area contributed by atoms with Crippen molar-refractivity contribution < 1.29 is 13.9 Å². The van der Waals surface area contributed by atoms with Crippen LogP contribution in [0.25, 0.3) is 0 Å². The fraction of sp³-hybridized carbons (Fsp3) is 0.250. The average molecular weight is 275 g/mol. The Morgan fingerprint density at radius 1 is 1.15 bits per heavy atom. The van der Waals surface area contributed by atoms with Crippen molar-refractivity contribution in [3.63, 3.8) is 0 Å². The number of halogens is 1. The van der Waals surface area contributed by atoms with E-state index in [0.29, 0.717) is 13.2 Å². The first-order valence-electron chi connectivity index (χ1n) is 6.47. The Labute approximate surface area is 118 Å². The molecule has 20 heavy (non-hydrogen) atoms. The zero-order valence-electron chi connectivity index (χ0n) is 11.4. The van der Waals surface area contributed by atoms with Crippen molar-refractivity contribution in [2.75, 3.05) is 13.7 Å². The molecule has 0 aliphatic rings. The lowest BCUT2D eigenvalue weighted by Gasteiger charge is -2.12. The Morgan fingerprint density at radius 3 is 2.70 bits per heavy atom. The topological polar surface area (TPSA) is 44.5 Å². The molecule has 2 rings (SSSR count). The molecule has 0 heterocycles. The van der Waals surface area contributed by atoms with E-state index in [-0.39, 0.29) is 5.82 Å². The normalized spacial score (nSPS) is 10.3. The number of methoxy groups -OCH3 is 1. The summed E-state index contributed by atoms with van der Waals surface area (Å²) >= 11 is 0. The minimum Gasteiger partial charge on any atom is -0.497 e. The van der Waals surface area contributed by atoms with E-state index in [9.17, 15) is 4.39 Å². The standard InChI is InChI=1S/C16H18FNO2/c1-19-15-6-5-13(7-8-18)16(10-15)20-11-12-3-2-4-14(17)9-12/h2-6,9-10H,7-8,11,18H2,1H3. The summed E-state index contributed by atoms with van der Waals surface area (Å²) in [6, 6.07) is 12.0. The van der Waals surface area contributed by atoms with E-state index in [4.69, 9.17) is 15.2 Å². The van der Waals surface area contributed by atoms with Gasteiger partial charge in [0, 0.05) is 6.07 Å². The highest BCUT2D eigenvalue weighted by Gasteiger charge is 2.06. The first-order valence-corrected chi connectivity index (χ1v) is 6.47. The maximum absolute atomic E-state index is 13.1. The molecule has 0 aromatic heterocycles. The van der Waals surface area contributed by atoms with Gasteiger partial charge in [0.05, 0.1) is 7.11 Å². The van der Waals surface area contributed by atoms with Crippen molar-refractivity contribution in [3.05, 3.63) is 59.4 Å². The minimum absolute atomic E-state index is 0.265. The SMILES string of the molecule is COc1ccc(CCN)c(OCc2cccc(F)c2)c1. The van der Waals surface area contributed by atoms with Gasteiger partial charge in [-0.3, -0.25) is 0 Å². The van der Waals surface area contributed by atoms with Crippen LogP contribution in [0.3, 0.4) is 0 Å². The molecule has 0 amide bonds. The molecule has 0 saturated heterocycles. The van der Waals surface area contributed by atoms with Gasteiger partial charge in [-0.05, 0) is 42.3 Å². The first kappa shape index (κ1) is 14.3. The van der Waals surface area contributed by atoms with Gasteiger partial charge in [-0.15, -0.1) is 0 Å². The van der Waals surface area contributed by atoms with Crippen LogP contribution in [0.5, 0.6) is 11.5 Å². The Balaban J connectivity index is 2.14. The third-order valence-electron chi connectivity index (χ3n) is 2.97. The van der Waals surface area contributed by atoms with E-state index < -0.39 is 0 Å². The van der Waals surface area contributed by atoms with Crippen molar-refractivity contribution in [1.82, 2.24) is 0 Å². The van der Waals surface area contributed by atoms with Gasteiger partial charge in [0.25, 0.3) is 0 Å². The summed E-state index contributed by atoms with van der Waals surface area (Å²) in [6.07, 6.45) is 0.725. The van der Waals surface area contributed by atoms with E-state index >= 15 is 0 Å². The highest BCUT2D eigenvalue weighted by molar-refractivity contribution is 5.41. The fourth-order valence-electron chi connectivity index (χ4n) is 1.95. The minimum atomic E-state index is -0.265. The third-order valence-corrected chi connectivity index (χ3v) is 2.97. The molecule has 0 unspecified atom stereocenters. The highest BCUT2D eigenvalue weighted by Crippen LogP contribution is 2.26. The summed E-state index contributed by atoms with van der Waals surface area (Å²) in [4.78, 5) is 0. The lowest BCUT2D eigenvalue weighted by atomic mass is 10.1. The summed E-state index contributed by atoms with van der Waals surface area (Å²) in [6.45, 7) is 0.852. The van der Waals surface area contributed by atoms with Gasteiger partial charge in [-0.2, -0.15) is 0 Å². The number of nitrogens with two attached hydrogens (primary N) is 1. The summed E-state index contributed by atoms with van der Waals surface area (Å²) in [5, 5.41) is 0. The van der Waals surface area contributed by atoms with Crippen molar-refractivity contribution in [2.45, 2.75) is 13.0 Å². The predicted octanol–water partition coefficient (Wildman–Crippen LogP) is 2.91. The number of ether oxygens (including phenoxy) is 2. The van der Waals surface area contributed by atoms with E-state index in [1.165, 1.54) is 12.1 Å². The molecule has 0 bridgehead atoms. The van der Waals surface area contributed by atoms with Crippen LogP contribution in [0.15, 0.2) is 42.5 Å². The summed E-state index contributed by atoms with van der Waals surface area (Å²) in [5.41, 5.74) is 7.39. The van der Waals surface area contributed by atoms with Gasteiger partial charge in [-0.25, -0.2) is 4.39 Å². The smallest absolute Gasteiger partial charge is 0.126 e. The van der Waals surface area contributed by atoms with E-state index in [2.05, 4.69) is 0 Å². The van der Waals surface area contributed by atoms with Crippen molar-refractivity contribution >= 4 is 0 Å². The maximum atomic E-state index is 13.1. The number of rotatable bonds is 6. The summed E-state index contributed by atoms with van der Waals surface area (Å²) in [7, 11) is 1.61. The molecule has 0 fully saturated rings. The van der Waals surface area contributed by atoms with Crippen molar-refractivity contribution in [2.24, 2.45) is 5.73 Å². The number of hydrogen-bond acceptors (Lipinski definition) is 3. The van der Waals surface area contributed by atoms with Crippen LogP contribution in [-0.2, 0) is 13.0 Å². The number of benzene rings is 2. The zero-order valence-corrected chi connectivity index (χ0v) is 11.4. The zero-order chi connectivity index (χ0) is 14.4. The summed E-state index contributed by atoms with van der Waals surface area (Å²) in [5.74, 6) is 1.18. The van der Waals surface area contributed by atoms with Gasteiger partial charge in [0.1, 0.15) is 23.9 Å². The van der Waals surface area contributed by atoms with Crippen LogP contribution in [-0.4, -0.2) is 13.7 Å². The van der Waals surface area contributed by atoms with Crippen LogP contribution in [0.4, 0.5) is 4.39 Å². The second-order valence-electron chi connectivity index (χ2n) is 4.43. The molecule has 2 aromatic rings. The summed E-state index contributed by atoms with van der Waals surface area (Å²) < 4.78 is 24.1. The molecule has 0 aliphatic carbocycles. The maximum Gasteiger partial charge on any atom is 0.126 e. The van der Waals surface area contributed by atoms with Crippen LogP contribution in [0.1, 0.15) is 11.1 Å². The van der Waals surface area contributed by atoms with Crippen molar-refractivity contribution in [1.29, 1.82) is 0 Å². The predicted molar refractivity (Wildman–Crippen MR) is 76.5 cm³/mol. The fourth-order valence-corrected chi connectivity index (χ4v) is 1.95. The highest BCUT2D eigenvalue weighted by atomic mass is 19.1. The van der Waals surface area contributed by atoms with Crippen LogP contribution in [0.2, 0.25) is 0 Å². The second-order valence-corrected chi connectivity index (χ2v) is 4.43. The van der Waals surface area contributed by atoms with Gasteiger partial charge in [0.2, 0.25) is 0 Å². The van der Waals surface area contributed by atoms with Crippen molar-refractivity contribution in [3.8, 4) is 11.5 Å². The van der Waals surface area contributed by atoms with Crippen LogP contribution in [0, 0.1) is 5.82 Å². The Kier molecular flexibility index (Phi) is 4.96. The molecule has 0 aliphatic heterocycles. The van der Waals surface area contributed by atoms with Gasteiger partial charge < -0.3 is 15.2 Å². The van der Waals surface area contributed by atoms with E-state index in [1.807, 2.05) is 24.3 Å². The second kappa shape index (κ2) is 6.91. The van der Waals surface area contributed by atoms with Gasteiger partial charge >= 0.3 is 0 Å². The monoisotopic (exact) mass is 275 g/mol. The Bertz CT molecular complexity index is 572. The van der Waals surface area contributed by atoms with Gasteiger partial charge in [0.15, 0.2) is 0 Å². The molecule has 2 N–H and O–H groups in total. The molecular weight excluding hydrogens is 257 g/mol. The molecular formula is C16H18FNO2. The van der Waals surface area contributed by atoms with Gasteiger partial charge in [-0.1, -0.05) is 18.2 Å². The van der Waals surface area contributed by atoms with Crippen LogP contribution >= 0.6 is 0 Å². The Morgan fingerprint density at radius 2 is 2.00 bits per heavy atom. The van der Waals surface area contributed by atoms with Crippen LogP contribution < -0.4 is 15.2 Å². The molecule has 0 radical (unpaired) electrons. The average Bonchev–Trinajstić information content (AvgIpc) is 2.46. The van der Waals surface area contributed by atoms with E-state index in [1.54, 1.807) is 13.2 Å². The quantitative estimate of drug-likeness (QED) is 0.881. The largest absolute Gasteiger partial charge is 0.497 e. The first-order chi connectivity index (χ1) is 9.72. The van der Waals surface area contributed by atoms with E-state index in [0.717, 1.165) is 29.0 Å². The molecule has 2 aromatic carbocycles. The molecule has 3 nitrogen and oxygen atoms in total. The molecule has 0 spiro atoms. The Hall–Kier alpha value is -2.07. The molecule has 0 saturated carbocycles. The lowest BCUT2D eigenvalue weighted by molar-refractivity contribution is 0.300. The molecule has 0 atom stereocenters.